The highest BCUT2D eigenvalue weighted by molar-refractivity contribution is 4.99. The highest BCUT2D eigenvalue weighted by Gasteiger charge is 2.50. The van der Waals surface area contributed by atoms with Gasteiger partial charge >= 0.3 is 0 Å². The van der Waals surface area contributed by atoms with Crippen LogP contribution in [0.1, 0.15) is 46.0 Å². The minimum atomic E-state index is 0.0938. The lowest BCUT2D eigenvalue weighted by Crippen LogP contribution is -2.37. The highest BCUT2D eigenvalue weighted by Crippen LogP contribution is 2.50. The second kappa shape index (κ2) is 4.42. The molecule has 1 N–H and O–H groups in total. The van der Waals surface area contributed by atoms with Crippen molar-refractivity contribution in [2.24, 2.45) is 17.3 Å². The summed E-state index contributed by atoms with van der Waals surface area (Å²) in [5.41, 5.74) is 0.0938. The van der Waals surface area contributed by atoms with Gasteiger partial charge in [0.05, 0.1) is 12.7 Å². The van der Waals surface area contributed by atoms with E-state index in [1.54, 1.807) is 0 Å². The zero-order valence-corrected chi connectivity index (χ0v) is 10.0. The summed E-state index contributed by atoms with van der Waals surface area (Å²) in [4.78, 5) is 0. The lowest BCUT2D eigenvalue weighted by molar-refractivity contribution is -0.0120. The summed E-state index contributed by atoms with van der Waals surface area (Å²) in [7, 11) is 0. The molecule has 2 heteroatoms. The Kier molecular flexibility index (Phi) is 3.36. The zero-order chi connectivity index (χ0) is 10.9. The molecule has 0 aromatic heterocycles. The maximum Gasteiger partial charge on any atom is 0.0682 e. The first kappa shape index (κ1) is 11.4. The van der Waals surface area contributed by atoms with Crippen LogP contribution < -0.4 is 0 Å². The van der Waals surface area contributed by atoms with E-state index in [1.165, 1.54) is 19.3 Å². The molecule has 3 atom stereocenters. The van der Waals surface area contributed by atoms with Gasteiger partial charge in [0.1, 0.15) is 0 Å². The summed E-state index contributed by atoms with van der Waals surface area (Å²) in [6.07, 6.45) is 6.39. The molecule has 2 nitrogen and oxygen atoms in total. The van der Waals surface area contributed by atoms with Gasteiger partial charge < -0.3 is 9.84 Å². The molecule has 0 aromatic carbocycles. The van der Waals surface area contributed by atoms with Crippen molar-refractivity contribution in [3.05, 3.63) is 0 Å². The first-order valence-corrected chi connectivity index (χ1v) is 6.44. The molecule has 15 heavy (non-hydrogen) atoms. The summed E-state index contributed by atoms with van der Waals surface area (Å²) in [5.74, 6) is 1.46. The summed E-state index contributed by atoms with van der Waals surface area (Å²) >= 11 is 0. The number of aliphatic hydroxyl groups is 1. The molecular weight excluding hydrogens is 188 g/mol. The van der Waals surface area contributed by atoms with Crippen LogP contribution in [0.15, 0.2) is 0 Å². The second-order valence-electron chi connectivity index (χ2n) is 5.62. The Morgan fingerprint density at radius 1 is 1.47 bits per heavy atom. The van der Waals surface area contributed by atoms with E-state index in [0.717, 1.165) is 25.4 Å². The van der Waals surface area contributed by atoms with Gasteiger partial charge in [0.25, 0.3) is 0 Å². The van der Waals surface area contributed by atoms with Crippen molar-refractivity contribution >= 4 is 0 Å². The third kappa shape index (κ3) is 2.21. The van der Waals surface area contributed by atoms with Crippen molar-refractivity contribution in [1.82, 2.24) is 0 Å². The molecular formula is C13H24O2. The van der Waals surface area contributed by atoms with Crippen molar-refractivity contribution in [2.45, 2.75) is 52.1 Å². The van der Waals surface area contributed by atoms with Crippen molar-refractivity contribution in [1.29, 1.82) is 0 Å². The maximum atomic E-state index is 9.73. The fourth-order valence-electron chi connectivity index (χ4n) is 3.03. The van der Waals surface area contributed by atoms with Crippen molar-refractivity contribution < 1.29 is 9.84 Å². The van der Waals surface area contributed by atoms with Gasteiger partial charge in [-0.3, -0.25) is 0 Å². The molecule has 0 radical (unpaired) electrons. The fraction of sp³-hybridized carbons (Fsp3) is 1.00. The largest absolute Gasteiger partial charge is 0.396 e. The van der Waals surface area contributed by atoms with E-state index in [9.17, 15) is 5.11 Å². The van der Waals surface area contributed by atoms with Crippen molar-refractivity contribution in [3.63, 3.8) is 0 Å². The number of ether oxygens (including phenoxy) is 1. The summed E-state index contributed by atoms with van der Waals surface area (Å²) in [6, 6.07) is 0. The number of hydrogen-bond acceptors (Lipinski definition) is 2. The van der Waals surface area contributed by atoms with Crippen LogP contribution >= 0.6 is 0 Å². The van der Waals surface area contributed by atoms with Gasteiger partial charge in [0, 0.05) is 12.0 Å². The average Bonchev–Trinajstić information content (AvgIpc) is 3.01. The summed E-state index contributed by atoms with van der Waals surface area (Å²) in [5, 5.41) is 9.73. The smallest absolute Gasteiger partial charge is 0.0682 e. The zero-order valence-electron chi connectivity index (χ0n) is 10.0. The molecule has 0 amide bonds. The predicted octanol–water partition coefficient (Wildman–Crippen LogP) is 2.60. The standard InChI is InChI=1S/C13H24O2/c1-3-10(2)8-13(9-14)6-7-15-12(13)11-4-5-11/h10-12,14H,3-9H2,1-2H3. The molecule has 2 aliphatic rings. The molecule has 1 aliphatic carbocycles. The second-order valence-corrected chi connectivity index (χ2v) is 5.62. The molecule has 88 valence electrons. The Bertz CT molecular complexity index is 213. The summed E-state index contributed by atoms with van der Waals surface area (Å²) in [6.45, 7) is 5.70. The molecule has 2 fully saturated rings. The molecule has 1 saturated heterocycles. The first-order valence-electron chi connectivity index (χ1n) is 6.44. The number of hydrogen-bond donors (Lipinski definition) is 1. The average molecular weight is 212 g/mol. The fourth-order valence-corrected chi connectivity index (χ4v) is 3.03. The minimum absolute atomic E-state index is 0.0938. The van der Waals surface area contributed by atoms with E-state index in [2.05, 4.69) is 13.8 Å². The van der Waals surface area contributed by atoms with E-state index < -0.39 is 0 Å². The molecule has 0 bridgehead atoms. The van der Waals surface area contributed by atoms with Crippen LogP contribution in [-0.2, 0) is 4.74 Å². The van der Waals surface area contributed by atoms with E-state index in [-0.39, 0.29) is 5.41 Å². The van der Waals surface area contributed by atoms with Crippen LogP contribution in [0.5, 0.6) is 0 Å². The van der Waals surface area contributed by atoms with Crippen LogP contribution in [0.2, 0.25) is 0 Å². The van der Waals surface area contributed by atoms with Gasteiger partial charge in [-0.25, -0.2) is 0 Å². The molecule has 1 heterocycles. The molecule has 0 aromatic rings. The van der Waals surface area contributed by atoms with E-state index in [4.69, 9.17) is 4.74 Å². The van der Waals surface area contributed by atoms with Gasteiger partial charge in [0.15, 0.2) is 0 Å². The number of aliphatic hydroxyl groups excluding tert-OH is 1. The van der Waals surface area contributed by atoms with E-state index in [1.807, 2.05) is 0 Å². The van der Waals surface area contributed by atoms with Gasteiger partial charge in [-0.2, -0.15) is 0 Å². The Balaban J connectivity index is 2.04. The van der Waals surface area contributed by atoms with E-state index in [0.29, 0.717) is 18.6 Å². The Labute approximate surface area is 93.0 Å². The van der Waals surface area contributed by atoms with Gasteiger partial charge in [-0.1, -0.05) is 20.3 Å². The molecule has 0 spiro atoms. The maximum absolute atomic E-state index is 9.73. The lowest BCUT2D eigenvalue weighted by atomic mass is 9.73. The Hall–Kier alpha value is -0.0800. The molecule has 3 unspecified atom stereocenters. The SMILES string of the molecule is CCC(C)CC1(CO)CCOC1C1CC1. The number of rotatable bonds is 5. The quantitative estimate of drug-likeness (QED) is 0.759. The van der Waals surface area contributed by atoms with Gasteiger partial charge in [-0.05, 0) is 37.5 Å². The van der Waals surface area contributed by atoms with Crippen molar-refractivity contribution in [3.8, 4) is 0 Å². The molecule has 1 aliphatic heterocycles. The third-order valence-corrected chi connectivity index (χ3v) is 4.32. The molecule has 2 rings (SSSR count). The molecule has 1 saturated carbocycles. The van der Waals surface area contributed by atoms with Crippen LogP contribution in [0.3, 0.4) is 0 Å². The highest BCUT2D eigenvalue weighted by atomic mass is 16.5. The van der Waals surface area contributed by atoms with Crippen molar-refractivity contribution in [2.75, 3.05) is 13.2 Å². The first-order chi connectivity index (χ1) is 7.22. The summed E-state index contributed by atoms with van der Waals surface area (Å²) < 4.78 is 5.87. The monoisotopic (exact) mass is 212 g/mol. The van der Waals surface area contributed by atoms with E-state index >= 15 is 0 Å². The van der Waals surface area contributed by atoms with Crippen LogP contribution in [0.4, 0.5) is 0 Å². The minimum Gasteiger partial charge on any atom is -0.396 e. The van der Waals surface area contributed by atoms with Gasteiger partial charge in [-0.15, -0.1) is 0 Å². The van der Waals surface area contributed by atoms with Gasteiger partial charge in [0.2, 0.25) is 0 Å². The van der Waals surface area contributed by atoms with Crippen LogP contribution in [-0.4, -0.2) is 24.4 Å². The topological polar surface area (TPSA) is 29.5 Å². The Morgan fingerprint density at radius 2 is 2.20 bits per heavy atom. The van der Waals surface area contributed by atoms with Crippen LogP contribution in [0, 0.1) is 17.3 Å². The normalized spacial score (nSPS) is 38.2. The lowest BCUT2D eigenvalue weighted by Gasteiger charge is -2.34. The predicted molar refractivity (Wildman–Crippen MR) is 60.7 cm³/mol. The van der Waals surface area contributed by atoms with Crippen LogP contribution in [0.25, 0.3) is 0 Å². The third-order valence-electron chi connectivity index (χ3n) is 4.32. The Morgan fingerprint density at radius 3 is 2.73 bits per heavy atom.